The monoisotopic (exact) mass is 266 g/mol. The van der Waals surface area contributed by atoms with E-state index in [1.165, 1.54) is 0 Å². The third-order valence-corrected chi connectivity index (χ3v) is 1.95. The maximum Gasteiger partial charge on any atom is 0.460 e. The fraction of sp³-hybridized carbons (Fsp3) is 0.429. The first-order valence-electron chi connectivity index (χ1n) is 3.70. The largest absolute Gasteiger partial charge is 0.504 e. The second-order valence-corrected chi connectivity index (χ2v) is 3.03. The van der Waals surface area contributed by atoms with Crippen molar-refractivity contribution in [1.82, 2.24) is 0 Å². The molecule has 0 radical (unpaired) electrons. The van der Waals surface area contributed by atoms with Gasteiger partial charge in [-0.05, 0) is 0 Å². The number of alkyl halides is 7. The summed E-state index contributed by atoms with van der Waals surface area (Å²) in [5, 5.41) is 8.44. The topological polar surface area (TPSA) is 54.4 Å². The Morgan fingerprint density at radius 3 is 1.53 bits per heavy atom. The summed E-state index contributed by atoms with van der Waals surface area (Å²) in [7, 11) is 0. The van der Waals surface area contributed by atoms with Crippen molar-refractivity contribution in [3.63, 3.8) is 0 Å². The van der Waals surface area contributed by atoms with E-state index >= 15 is 0 Å². The summed E-state index contributed by atoms with van der Waals surface area (Å²) < 4.78 is 85.3. The minimum absolute atomic E-state index is 1.93. The molecule has 96 valence electrons. The SMILES string of the molecule is O=c1c(O)c(C(F)(F)C(F)(F)C(F)(F)F)c1=O. The Morgan fingerprint density at radius 1 is 0.824 bits per heavy atom. The Hall–Kier alpha value is -1.61. The average Bonchev–Trinajstić information content (AvgIpc) is 2.15. The molecule has 0 fully saturated rings. The molecule has 1 aromatic rings. The molecule has 0 heterocycles. The molecule has 0 amide bonds. The van der Waals surface area contributed by atoms with Gasteiger partial charge in [0.25, 0.3) is 5.43 Å². The lowest BCUT2D eigenvalue weighted by atomic mass is 9.96. The first kappa shape index (κ1) is 13.5. The lowest BCUT2D eigenvalue weighted by Gasteiger charge is -2.28. The van der Waals surface area contributed by atoms with Gasteiger partial charge in [0.1, 0.15) is 5.56 Å². The molecule has 0 spiro atoms. The van der Waals surface area contributed by atoms with Crippen molar-refractivity contribution in [3.8, 4) is 5.75 Å². The van der Waals surface area contributed by atoms with Crippen LogP contribution >= 0.6 is 0 Å². The Balaban J connectivity index is 3.41. The first-order chi connectivity index (χ1) is 7.35. The van der Waals surface area contributed by atoms with Crippen molar-refractivity contribution >= 4 is 0 Å². The van der Waals surface area contributed by atoms with E-state index in [2.05, 4.69) is 0 Å². The Morgan fingerprint density at radius 2 is 1.24 bits per heavy atom. The minimum atomic E-state index is -6.64. The van der Waals surface area contributed by atoms with Crippen LogP contribution in [-0.2, 0) is 5.92 Å². The van der Waals surface area contributed by atoms with Crippen LogP contribution in [0.3, 0.4) is 0 Å². The van der Waals surface area contributed by atoms with E-state index in [1.54, 1.807) is 0 Å². The van der Waals surface area contributed by atoms with Gasteiger partial charge in [-0.1, -0.05) is 0 Å². The summed E-state index contributed by atoms with van der Waals surface area (Å²) >= 11 is 0. The van der Waals surface area contributed by atoms with Gasteiger partial charge in [-0.2, -0.15) is 30.7 Å². The lowest BCUT2D eigenvalue weighted by Crippen LogP contribution is -2.55. The highest BCUT2D eigenvalue weighted by Gasteiger charge is 2.75. The molecule has 3 nitrogen and oxygen atoms in total. The van der Waals surface area contributed by atoms with Crippen molar-refractivity contribution < 1.29 is 35.8 Å². The van der Waals surface area contributed by atoms with E-state index in [-0.39, 0.29) is 0 Å². The summed E-state index contributed by atoms with van der Waals surface area (Å²) in [5.74, 6) is -14.6. The van der Waals surface area contributed by atoms with E-state index in [0.717, 1.165) is 0 Å². The zero-order valence-electron chi connectivity index (χ0n) is 7.41. The fourth-order valence-electron chi connectivity index (χ4n) is 1.01. The molecule has 0 unspecified atom stereocenters. The lowest BCUT2D eigenvalue weighted by molar-refractivity contribution is -0.360. The quantitative estimate of drug-likeness (QED) is 0.648. The van der Waals surface area contributed by atoms with Crippen LogP contribution in [0.15, 0.2) is 9.59 Å². The molecule has 0 aliphatic carbocycles. The molecule has 0 aromatic heterocycles. The van der Waals surface area contributed by atoms with Crippen LogP contribution < -0.4 is 10.9 Å². The van der Waals surface area contributed by atoms with Gasteiger partial charge in [-0.15, -0.1) is 0 Å². The molecule has 10 heteroatoms. The maximum absolute atomic E-state index is 12.8. The van der Waals surface area contributed by atoms with E-state index in [9.17, 15) is 40.3 Å². The fourth-order valence-corrected chi connectivity index (χ4v) is 1.01. The molecule has 0 bridgehead atoms. The van der Waals surface area contributed by atoms with Crippen molar-refractivity contribution in [1.29, 1.82) is 0 Å². The minimum Gasteiger partial charge on any atom is -0.504 e. The molecule has 1 rings (SSSR count). The number of hydrogen-bond acceptors (Lipinski definition) is 3. The number of hydrogen-bond donors (Lipinski definition) is 1. The molecule has 0 saturated carbocycles. The molecule has 1 aromatic carbocycles. The number of halogens is 7. The van der Waals surface area contributed by atoms with Gasteiger partial charge in [0.05, 0.1) is 0 Å². The number of rotatable bonds is 2. The van der Waals surface area contributed by atoms with Crippen LogP contribution in [0.1, 0.15) is 5.56 Å². The van der Waals surface area contributed by atoms with Crippen molar-refractivity contribution in [2.75, 3.05) is 0 Å². The van der Waals surface area contributed by atoms with Gasteiger partial charge in [0, 0.05) is 0 Å². The average molecular weight is 266 g/mol. The van der Waals surface area contributed by atoms with Gasteiger partial charge in [0.15, 0.2) is 5.75 Å². The van der Waals surface area contributed by atoms with Gasteiger partial charge >= 0.3 is 18.0 Å². The van der Waals surface area contributed by atoms with Crippen LogP contribution in [0, 0.1) is 0 Å². The summed E-state index contributed by atoms with van der Waals surface area (Å²) in [5.41, 5.74) is -6.72. The highest BCUT2D eigenvalue weighted by Crippen LogP contribution is 2.52. The third kappa shape index (κ3) is 1.50. The van der Waals surface area contributed by atoms with Crippen LogP contribution in [0.4, 0.5) is 30.7 Å². The third-order valence-electron chi connectivity index (χ3n) is 1.95. The summed E-state index contributed by atoms with van der Waals surface area (Å²) in [4.78, 5) is 20.7. The zero-order chi connectivity index (χ0) is 13.8. The normalized spacial score (nSPS) is 14.3. The van der Waals surface area contributed by atoms with E-state index in [0.29, 0.717) is 0 Å². The van der Waals surface area contributed by atoms with Crippen LogP contribution in [0.2, 0.25) is 0 Å². The standard InChI is InChI=1S/C7HF7O3/c8-5(9,6(10,11)7(12,13)14)1-2(15)4(17)3(1)16/h15H. The van der Waals surface area contributed by atoms with Crippen LogP contribution in [-0.4, -0.2) is 17.2 Å². The zero-order valence-corrected chi connectivity index (χ0v) is 7.41. The number of aromatic hydroxyl groups is 1. The second kappa shape index (κ2) is 3.20. The highest BCUT2D eigenvalue weighted by atomic mass is 19.4. The smallest absolute Gasteiger partial charge is 0.460 e. The predicted molar refractivity (Wildman–Crippen MR) is 37.9 cm³/mol. The summed E-state index contributed by atoms with van der Waals surface area (Å²) in [6, 6.07) is 0. The Kier molecular flexibility index (Phi) is 2.53. The summed E-state index contributed by atoms with van der Waals surface area (Å²) in [6.07, 6.45) is -6.64. The molecule has 0 aliphatic heterocycles. The van der Waals surface area contributed by atoms with Crippen molar-refractivity contribution in [3.05, 3.63) is 26.0 Å². The van der Waals surface area contributed by atoms with Crippen molar-refractivity contribution in [2.45, 2.75) is 18.0 Å². The van der Waals surface area contributed by atoms with Crippen LogP contribution in [0.25, 0.3) is 0 Å². The van der Waals surface area contributed by atoms with Gasteiger partial charge < -0.3 is 5.11 Å². The van der Waals surface area contributed by atoms with E-state index in [4.69, 9.17) is 5.11 Å². The van der Waals surface area contributed by atoms with E-state index < -0.39 is 40.2 Å². The Labute approximate surface area is 86.8 Å². The predicted octanol–water partition coefficient (Wildman–Crippen LogP) is 1.28. The van der Waals surface area contributed by atoms with Gasteiger partial charge in [-0.3, -0.25) is 9.59 Å². The van der Waals surface area contributed by atoms with Gasteiger partial charge in [-0.25, -0.2) is 0 Å². The van der Waals surface area contributed by atoms with Crippen molar-refractivity contribution in [2.24, 2.45) is 0 Å². The molecular formula is C7HF7O3. The van der Waals surface area contributed by atoms with E-state index in [1.807, 2.05) is 0 Å². The molecule has 1 N–H and O–H groups in total. The maximum atomic E-state index is 12.8. The molecule has 0 saturated heterocycles. The highest BCUT2D eigenvalue weighted by molar-refractivity contribution is 5.42. The summed E-state index contributed by atoms with van der Waals surface area (Å²) in [6.45, 7) is 0. The molecule has 17 heavy (non-hydrogen) atoms. The molecule has 0 aliphatic rings. The molecular weight excluding hydrogens is 265 g/mol. The van der Waals surface area contributed by atoms with Gasteiger partial charge in [0.2, 0.25) is 5.43 Å². The Bertz CT molecular complexity index is 520. The van der Waals surface area contributed by atoms with Crippen LogP contribution in [0.5, 0.6) is 5.75 Å². The second-order valence-electron chi connectivity index (χ2n) is 3.03. The molecule has 0 atom stereocenters. The first-order valence-corrected chi connectivity index (χ1v) is 3.70.